The molecule has 2 atom stereocenters. The van der Waals surface area contributed by atoms with Crippen molar-refractivity contribution < 1.29 is 14.3 Å². The Morgan fingerprint density at radius 3 is 2.20 bits per heavy atom. The number of ether oxygens (including phenoxy) is 2. The van der Waals surface area contributed by atoms with Crippen molar-refractivity contribution in [3.05, 3.63) is 34.9 Å². The zero-order valence-electron chi connectivity index (χ0n) is 17.0. The number of hydrogen-bond donors (Lipinski definition) is 0. The highest BCUT2D eigenvalue weighted by atomic mass is 16.6. The number of epoxide rings is 1. The number of hydrogen-bond acceptors (Lipinski definition) is 3. The molecule has 0 aromatic rings. The zero-order chi connectivity index (χ0) is 18.9. The number of allylic oxidation sites excluding steroid dienone is 5. The molecule has 1 heterocycles. The molecule has 1 rings (SSSR count). The van der Waals surface area contributed by atoms with E-state index in [0.717, 1.165) is 38.7 Å². The maximum absolute atomic E-state index is 11.2. The Labute approximate surface area is 154 Å². The van der Waals surface area contributed by atoms with Gasteiger partial charge in [0.1, 0.15) is 0 Å². The van der Waals surface area contributed by atoms with Crippen molar-refractivity contribution in [1.82, 2.24) is 0 Å². The van der Waals surface area contributed by atoms with Gasteiger partial charge in [-0.1, -0.05) is 34.9 Å². The lowest BCUT2D eigenvalue weighted by molar-refractivity contribution is -0.142. The van der Waals surface area contributed by atoms with E-state index < -0.39 is 0 Å². The van der Waals surface area contributed by atoms with Crippen LogP contribution < -0.4 is 0 Å². The van der Waals surface area contributed by atoms with Gasteiger partial charge in [-0.3, -0.25) is 4.79 Å². The van der Waals surface area contributed by atoms with Gasteiger partial charge in [0.05, 0.1) is 18.8 Å². The summed E-state index contributed by atoms with van der Waals surface area (Å²) >= 11 is 0. The van der Waals surface area contributed by atoms with Crippen molar-refractivity contribution >= 4 is 5.97 Å². The summed E-state index contributed by atoms with van der Waals surface area (Å²) in [5.41, 5.74) is 4.05. The van der Waals surface area contributed by atoms with Crippen molar-refractivity contribution in [2.45, 2.75) is 79.2 Å². The third kappa shape index (κ3) is 9.64. The third-order valence-corrected chi connectivity index (χ3v) is 4.75. The summed E-state index contributed by atoms with van der Waals surface area (Å²) in [6.07, 6.45) is 11.9. The van der Waals surface area contributed by atoms with Crippen LogP contribution in [0.25, 0.3) is 0 Å². The number of rotatable bonds is 11. The molecule has 3 nitrogen and oxygen atoms in total. The van der Waals surface area contributed by atoms with Crippen molar-refractivity contribution in [3.8, 4) is 0 Å². The molecule has 0 radical (unpaired) electrons. The molecule has 0 saturated carbocycles. The smallest absolute Gasteiger partial charge is 0.302 e. The van der Waals surface area contributed by atoms with Crippen LogP contribution in [0.4, 0.5) is 0 Å². The first kappa shape index (κ1) is 21.7. The van der Waals surface area contributed by atoms with E-state index in [1.807, 2.05) is 0 Å². The fourth-order valence-electron chi connectivity index (χ4n) is 2.88. The lowest BCUT2D eigenvalue weighted by Gasteiger charge is -2.20. The summed E-state index contributed by atoms with van der Waals surface area (Å²) < 4.78 is 11.1. The van der Waals surface area contributed by atoms with Gasteiger partial charge in [0.25, 0.3) is 0 Å². The van der Waals surface area contributed by atoms with Crippen LogP contribution in [0.2, 0.25) is 0 Å². The Morgan fingerprint density at radius 2 is 1.68 bits per heavy atom. The first-order chi connectivity index (χ1) is 11.7. The van der Waals surface area contributed by atoms with Gasteiger partial charge >= 0.3 is 5.97 Å². The second kappa shape index (κ2) is 10.6. The molecule has 0 spiro atoms. The molecule has 25 heavy (non-hydrogen) atoms. The molecule has 142 valence electrons. The topological polar surface area (TPSA) is 38.8 Å². The fraction of sp³-hybridized carbons (Fsp3) is 0.682. The maximum atomic E-state index is 11.2. The molecule has 0 bridgehead atoms. The first-order valence-electron chi connectivity index (χ1n) is 9.45. The molecule has 0 amide bonds. The van der Waals surface area contributed by atoms with Gasteiger partial charge in [-0.05, 0) is 66.7 Å². The Bertz CT molecular complexity index is 513. The van der Waals surface area contributed by atoms with Crippen LogP contribution in [0.5, 0.6) is 0 Å². The second-order valence-electron chi connectivity index (χ2n) is 7.80. The van der Waals surface area contributed by atoms with Gasteiger partial charge in [-0.2, -0.15) is 0 Å². The van der Waals surface area contributed by atoms with Crippen LogP contribution in [0.1, 0.15) is 73.6 Å². The van der Waals surface area contributed by atoms with Crippen LogP contribution in [-0.2, 0) is 14.3 Å². The van der Waals surface area contributed by atoms with Crippen LogP contribution in [0.15, 0.2) is 34.9 Å². The second-order valence-corrected chi connectivity index (χ2v) is 7.80. The summed E-state index contributed by atoms with van der Waals surface area (Å²) in [4.78, 5) is 11.2. The molecule has 0 unspecified atom stereocenters. The summed E-state index contributed by atoms with van der Waals surface area (Å²) in [6, 6.07) is 0. The van der Waals surface area contributed by atoms with Gasteiger partial charge in [-0.25, -0.2) is 0 Å². The fourth-order valence-corrected chi connectivity index (χ4v) is 2.88. The van der Waals surface area contributed by atoms with E-state index >= 15 is 0 Å². The molecular formula is C22H36O3. The molecule has 0 aromatic heterocycles. The molecule has 1 fully saturated rings. The van der Waals surface area contributed by atoms with E-state index in [1.54, 1.807) is 0 Å². The van der Waals surface area contributed by atoms with E-state index in [-0.39, 0.29) is 17.5 Å². The Balaban J connectivity index is 2.59. The minimum atomic E-state index is -0.206. The number of carbonyl (C=O) groups is 1. The first-order valence-corrected chi connectivity index (χ1v) is 9.45. The van der Waals surface area contributed by atoms with Gasteiger partial charge in [0.2, 0.25) is 0 Å². The number of carbonyl (C=O) groups excluding carboxylic acids is 1. The predicted molar refractivity (Wildman–Crippen MR) is 105 cm³/mol. The lowest BCUT2D eigenvalue weighted by Crippen LogP contribution is -2.18. The van der Waals surface area contributed by atoms with Gasteiger partial charge in [0.15, 0.2) is 0 Å². The lowest BCUT2D eigenvalue weighted by atomic mass is 9.89. The van der Waals surface area contributed by atoms with Crippen molar-refractivity contribution in [2.75, 3.05) is 13.2 Å². The minimum Gasteiger partial charge on any atom is -0.465 e. The van der Waals surface area contributed by atoms with Gasteiger partial charge in [0, 0.05) is 12.8 Å². The number of esters is 1. The van der Waals surface area contributed by atoms with Crippen molar-refractivity contribution in [2.24, 2.45) is 5.92 Å². The highest BCUT2D eigenvalue weighted by Crippen LogP contribution is 2.39. The summed E-state index contributed by atoms with van der Waals surface area (Å²) in [5, 5.41) is 0. The van der Waals surface area contributed by atoms with Gasteiger partial charge in [-0.15, -0.1) is 0 Å². The summed E-state index contributed by atoms with van der Waals surface area (Å²) in [7, 11) is 0. The monoisotopic (exact) mass is 348 g/mol. The molecular weight excluding hydrogens is 312 g/mol. The molecule has 3 heteroatoms. The van der Waals surface area contributed by atoms with E-state index in [4.69, 9.17) is 9.47 Å². The van der Waals surface area contributed by atoms with Crippen LogP contribution >= 0.6 is 0 Å². The predicted octanol–water partition coefficient (Wildman–Crippen LogP) is 5.76. The van der Waals surface area contributed by atoms with E-state index in [9.17, 15) is 4.79 Å². The Hall–Kier alpha value is -1.35. The maximum Gasteiger partial charge on any atom is 0.302 e. The average Bonchev–Trinajstić information content (AvgIpc) is 3.26. The van der Waals surface area contributed by atoms with E-state index in [0.29, 0.717) is 6.61 Å². The van der Waals surface area contributed by atoms with E-state index in [2.05, 4.69) is 52.8 Å². The zero-order valence-corrected chi connectivity index (χ0v) is 17.0. The standard InChI is InChI=1S/C22H36O3/c1-17(2)9-7-11-19(5)21(15-24-20(6)23)12-14-22(16-25-22)13-8-10-18(3)4/h9-11,21H,7-8,12-16H2,1-6H3/b19-11+/t21-,22-/m0/s1. The Morgan fingerprint density at radius 1 is 1.04 bits per heavy atom. The SMILES string of the molecule is CC(=O)OC[C@H](CC[C@@]1(CCC=C(C)C)CO1)/C(C)=C/CC=C(C)C. The molecule has 0 aliphatic carbocycles. The van der Waals surface area contributed by atoms with Crippen LogP contribution in [0.3, 0.4) is 0 Å². The van der Waals surface area contributed by atoms with Crippen molar-refractivity contribution in [1.29, 1.82) is 0 Å². The molecule has 1 saturated heterocycles. The molecule has 1 aliphatic rings. The third-order valence-electron chi connectivity index (χ3n) is 4.75. The van der Waals surface area contributed by atoms with Crippen LogP contribution in [-0.4, -0.2) is 24.8 Å². The quantitative estimate of drug-likeness (QED) is 0.270. The largest absolute Gasteiger partial charge is 0.465 e. The molecule has 1 aliphatic heterocycles. The van der Waals surface area contributed by atoms with Crippen LogP contribution in [0, 0.1) is 5.92 Å². The highest BCUT2D eigenvalue weighted by molar-refractivity contribution is 5.65. The average molecular weight is 349 g/mol. The van der Waals surface area contributed by atoms with E-state index in [1.165, 1.54) is 23.6 Å². The Kier molecular flexibility index (Phi) is 9.20. The van der Waals surface area contributed by atoms with Gasteiger partial charge < -0.3 is 9.47 Å². The summed E-state index contributed by atoms with van der Waals surface area (Å²) in [6.45, 7) is 13.5. The molecule has 0 aromatic carbocycles. The van der Waals surface area contributed by atoms with Crippen molar-refractivity contribution in [3.63, 3.8) is 0 Å². The summed E-state index contributed by atoms with van der Waals surface area (Å²) in [5.74, 6) is 0.0713. The highest BCUT2D eigenvalue weighted by Gasteiger charge is 2.43. The normalized spacial score (nSPS) is 20.6. The minimum absolute atomic E-state index is 0.0562. The molecule has 0 N–H and O–H groups in total.